The molecule has 2 aromatic rings. The highest BCUT2D eigenvalue weighted by atomic mass is 32.1. The van der Waals surface area contributed by atoms with Gasteiger partial charge in [0.05, 0.1) is 15.6 Å². The number of carbonyl (C=O) groups is 1. The van der Waals surface area contributed by atoms with Crippen molar-refractivity contribution in [2.45, 2.75) is 19.3 Å². The minimum Gasteiger partial charge on any atom is -0.355 e. The van der Waals surface area contributed by atoms with Crippen molar-refractivity contribution in [1.82, 2.24) is 14.9 Å². The molecule has 0 unspecified atom stereocenters. The van der Waals surface area contributed by atoms with Crippen LogP contribution in [-0.2, 0) is 4.79 Å². The van der Waals surface area contributed by atoms with E-state index in [4.69, 9.17) is 0 Å². The molecule has 2 aliphatic heterocycles. The third-order valence-corrected chi connectivity index (χ3v) is 5.87. The zero-order valence-electron chi connectivity index (χ0n) is 12.1. The van der Waals surface area contributed by atoms with Crippen molar-refractivity contribution in [3.05, 3.63) is 17.8 Å². The number of hydrogen-bond acceptors (Lipinski definition) is 5. The number of amides is 1. The number of nitrogens with zero attached hydrogens (tertiary/aromatic N) is 4. The number of rotatable bonds is 1. The third kappa shape index (κ3) is 1.92. The molecule has 5 nitrogen and oxygen atoms in total. The van der Waals surface area contributed by atoms with Gasteiger partial charge in [0.15, 0.2) is 0 Å². The van der Waals surface area contributed by atoms with Gasteiger partial charge in [-0.05, 0) is 30.7 Å². The van der Waals surface area contributed by atoms with Crippen molar-refractivity contribution in [2.75, 3.05) is 31.6 Å². The summed E-state index contributed by atoms with van der Waals surface area (Å²) in [4.78, 5) is 25.4. The Morgan fingerprint density at radius 2 is 1.95 bits per heavy atom. The Bertz CT molecular complexity index is 690. The summed E-state index contributed by atoms with van der Waals surface area (Å²) >= 11 is 1.69. The van der Waals surface area contributed by atoms with E-state index in [0.717, 1.165) is 54.9 Å². The quantitative estimate of drug-likeness (QED) is 0.810. The van der Waals surface area contributed by atoms with Crippen LogP contribution >= 0.6 is 11.3 Å². The molecule has 2 saturated heterocycles. The number of anilines is 1. The molecule has 0 saturated carbocycles. The van der Waals surface area contributed by atoms with Crippen molar-refractivity contribution in [3.8, 4) is 0 Å². The highest BCUT2D eigenvalue weighted by Crippen LogP contribution is 2.42. The third-order valence-electron chi connectivity index (χ3n) is 4.97. The van der Waals surface area contributed by atoms with E-state index in [0.29, 0.717) is 5.91 Å². The highest BCUT2D eigenvalue weighted by molar-refractivity contribution is 7.17. The predicted octanol–water partition coefficient (Wildman–Crippen LogP) is 2.14. The standard InChI is InChI=1S/C15H18N4OS/c1-18-6-3-15(14(18)20)4-7-19(8-5-15)13-12-11(2-9-21-12)16-10-17-13/h2,9-10H,3-8H2,1H3. The van der Waals surface area contributed by atoms with E-state index in [-0.39, 0.29) is 5.41 Å². The molecule has 6 heteroatoms. The maximum Gasteiger partial charge on any atom is 0.228 e. The van der Waals surface area contributed by atoms with Gasteiger partial charge in [-0.25, -0.2) is 9.97 Å². The molecular weight excluding hydrogens is 284 g/mol. The lowest BCUT2D eigenvalue weighted by molar-refractivity contribution is -0.135. The Balaban J connectivity index is 1.58. The van der Waals surface area contributed by atoms with Gasteiger partial charge in [0.2, 0.25) is 5.91 Å². The number of aromatic nitrogens is 2. The molecule has 1 amide bonds. The van der Waals surface area contributed by atoms with Crippen LogP contribution in [-0.4, -0.2) is 47.5 Å². The Morgan fingerprint density at radius 3 is 2.67 bits per heavy atom. The number of carbonyl (C=O) groups excluding carboxylic acids is 1. The number of thiophene rings is 1. The second kappa shape index (κ2) is 4.66. The largest absolute Gasteiger partial charge is 0.355 e. The zero-order chi connectivity index (χ0) is 14.4. The smallest absolute Gasteiger partial charge is 0.228 e. The fourth-order valence-electron chi connectivity index (χ4n) is 3.61. The van der Waals surface area contributed by atoms with Crippen LogP contribution in [0.3, 0.4) is 0 Å². The average Bonchev–Trinajstić information content (AvgIpc) is 3.09. The minimum atomic E-state index is -0.104. The molecule has 1 spiro atoms. The van der Waals surface area contributed by atoms with E-state index >= 15 is 0 Å². The molecule has 0 atom stereocenters. The molecule has 2 fully saturated rings. The van der Waals surface area contributed by atoms with Crippen LogP contribution in [0.4, 0.5) is 5.82 Å². The highest BCUT2D eigenvalue weighted by Gasteiger charge is 2.47. The molecule has 0 bridgehead atoms. The van der Waals surface area contributed by atoms with Crippen molar-refractivity contribution in [3.63, 3.8) is 0 Å². The maximum absolute atomic E-state index is 12.4. The molecule has 4 rings (SSSR count). The van der Waals surface area contributed by atoms with Crippen LogP contribution in [0.2, 0.25) is 0 Å². The lowest BCUT2D eigenvalue weighted by atomic mass is 9.77. The summed E-state index contributed by atoms with van der Waals surface area (Å²) in [6.45, 7) is 2.72. The molecule has 2 aromatic heterocycles. The van der Waals surface area contributed by atoms with Crippen molar-refractivity contribution >= 4 is 33.3 Å². The maximum atomic E-state index is 12.4. The van der Waals surface area contributed by atoms with Gasteiger partial charge in [0.25, 0.3) is 0 Å². The van der Waals surface area contributed by atoms with Gasteiger partial charge in [-0.2, -0.15) is 0 Å². The van der Waals surface area contributed by atoms with Gasteiger partial charge in [-0.15, -0.1) is 11.3 Å². The van der Waals surface area contributed by atoms with Crippen LogP contribution in [0.25, 0.3) is 10.2 Å². The van der Waals surface area contributed by atoms with E-state index in [1.54, 1.807) is 17.7 Å². The van der Waals surface area contributed by atoms with E-state index in [9.17, 15) is 4.79 Å². The molecule has 0 aromatic carbocycles. The number of likely N-dealkylation sites (tertiary alicyclic amines) is 1. The second-order valence-corrected chi connectivity index (χ2v) is 6.99. The summed E-state index contributed by atoms with van der Waals surface area (Å²) in [5, 5.41) is 2.06. The monoisotopic (exact) mass is 302 g/mol. The molecule has 0 radical (unpaired) electrons. The fraction of sp³-hybridized carbons (Fsp3) is 0.533. The number of piperidine rings is 1. The Labute approximate surface area is 127 Å². The first-order valence-corrected chi connectivity index (χ1v) is 8.26. The van der Waals surface area contributed by atoms with E-state index in [2.05, 4.69) is 20.2 Å². The minimum absolute atomic E-state index is 0.104. The van der Waals surface area contributed by atoms with Crippen LogP contribution in [0.5, 0.6) is 0 Å². The first kappa shape index (κ1) is 13.0. The first-order valence-electron chi connectivity index (χ1n) is 7.38. The van der Waals surface area contributed by atoms with Crippen molar-refractivity contribution in [2.24, 2.45) is 5.41 Å². The van der Waals surface area contributed by atoms with Gasteiger partial charge >= 0.3 is 0 Å². The van der Waals surface area contributed by atoms with Crippen molar-refractivity contribution < 1.29 is 4.79 Å². The normalized spacial score (nSPS) is 21.7. The van der Waals surface area contributed by atoms with Gasteiger partial charge in [0, 0.05) is 26.7 Å². The second-order valence-electron chi connectivity index (χ2n) is 6.08. The summed E-state index contributed by atoms with van der Waals surface area (Å²) in [7, 11) is 1.92. The van der Waals surface area contributed by atoms with Crippen LogP contribution in [0.15, 0.2) is 17.8 Å². The van der Waals surface area contributed by atoms with Gasteiger partial charge < -0.3 is 9.80 Å². The summed E-state index contributed by atoms with van der Waals surface area (Å²) in [6.07, 6.45) is 4.53. The fourth-order valence-corrected chi connectivity index (χ4v) is 4.47. The lowest BCUT2D eigenvalue weighted by Crippen LogP contribution is -2.44. The molecule has 2 aliphatic rings. The molecule has 21 heavy (non-hydrogen) atoms. The van der Waals surface area contributed by atoms with Crippen LogP contribution in [0.1, 0.15) is 19.3 Å². The van der Waals surface area contributed by atoms with Crippen molar-refractivity contribution in [1.29, 1.82) is 0 Å². The van der Waals surface area contributed by atoms with E-state index < -0.39 is 0 Å². The lowest BCUT2D eigenvalue weighted by Gasteiger charge is -2.38. The molecule has 4 heterocycles. The van der Waals surface area contributed by atoms with Crippen LogP contribution in [0, 0.1) is 5.41 Å². The van der Waals surface area contributed by atoms with E-state index in [1.165, 1.54) is 0 Å². The van der Waals surface area contributed by atoms with Gasteiger partial charge in [-0.1, -0.05) is 0 Å². The molecule has 0 aliphatic carbocycles. The average molecular weight is 302 g/mol. The Morgan fingerprint density at radius 1 is 1.19 bits per heavy atom. The van der Waals surface area contributed by atoms with Crippen LogP contribution < -0.4 is 4.90 Å². The SMILES string of the molecule is CN1CCC2(CCN(c3ncnc4ccsc34)CC2)C1=O. The first-order chi connectivity index (χ1) is 10.2. The number of fused-ring (bicyclic) bond motifs is 1. The predicted molar refractivity (Wildman–Crippen MR) is 83.5 cm³/mol. The van der Waals surface area contributed by atoms with Gasteiger partial charge in [0.1, 0.15) is 12.1 Å². The summed E-state index contributed by atoms with van der Waals surface area (Å²) in [6, 6.07) is 2.03. The summed E-state index contributed by atoms with van der Waals surface area (Å²) < 4.78 is 1.16. The van der Waals surface area contributed by atoms with E-state index in [1.807, 2.05) is 18.0 Å². The van der Waals surface area contributed by atoms with Gasteiger partial charge in [-0.3, -0.25) is 4.79 Å². The summed E-state index contributed by atoms with van der Waals surface area (Å²) in [5.74, 6) is 1.37. The zero-order valence-corrected chi connectivity index (χ0v) is 12.9. The summed E-state index contributed by atoms with van der Waals surface area (Å²) in [5.41, 5.74) is 0.911. The Hall–Kier alpha value is -1.69. The Kier molecular flexibility index (Phi) is 2.89. The topological polar surface area (TPSA) is 49.3 Å². The molecular formula is C15H18N4OS. The number of hydrogen-bond donors (Lipinski definition) is 0. The molecule has 0 N–H and O–H groups in total. The molecule has 110 valence electrons.